The van der Waals surface area contributed by atoms with Crippen LogP contribution in [0.25, 0.3) is 88.8 Å². The van der Waals surface area contributed by atoms with E-state index in [2.05, 4.69) is 178 Å². The Morgan fingerprint density at radius 2 is 0.943 bits per heavy atom. The quantitative estimate of drug-likeness (QED) is 0.181. The highest BCUT2D eigenvalue weighted by molar-refractivity contribution is 6.01. The summed E-state index contributed by atoms with van der Waals surface area (Å²) in [6.45, 7) is 4.71. The first-order valence-electron chi connectivity index (χ1n) is 18.3. The van der Waals surface area contributed by atoms with Crippen LogP contribution in [0.5, 0.6) is 0 Å². The van der Waals surface area contributed by atoms with Crippen LogP contribution in [-0.2, 0) is 5.41 Å². The van der Waals surface area contributed by atoms with Gasteiger partial charge in [-0.15, -0.1) is 0 Å². The molecule has 0 saturated carbocycles. The Morgan fingerprint density at radius 1 is 0.358 bits per heavy atom. The van der Waals surface area contributed by atoms with Gasteiger partial charge in [-0.3, -0.25) is 0 Å². The summed E-state index contributed by atoms with van der Waals surface area (Å²) in [5.74, 6) is 0.708. The number of fused-ring (bicyclic) bond motifs is 5. The molecule has 2 nitrogen and oxygen atoms in total. The average molecular weight is 677 g/mol. The molecule has 0 radical (unpaired) electrons. The Labute approximate surface area is 310 Å². The Bertz CT molecular complexity index is 2860. The molecular formula is C51H36N2. The van der Waals surface area contributed by atoms with Gasteiger partial charge in [0.1, 0.15) is 0 Å². The van der Waals surface area contributed by atoms with Crippen molar-refractivity contribution in [2.45, 2.75) is 19.3 Å². The van der Waals surface area contributed by atoms with E-state index in [0.717, 1.165) is 33.6 Å². The zero-order valence-electron chi connectivity index (χ0n) is 29.7. The number of hydrogen-bond donors (Lipinski definition) is 0. The summed E-state index contributed by atoms with van der Waals surface area (Å²) < 4.78 is 0. The van der Waals surface area contributed by atoms with Gasteiger partial charge in [0.15, 0.2) is 5.82 Å². The van der Waals surface area contributed by atoms with Gasteiger partial charge < -0.3 is 0 Å². The van der Waals surface area contributed by atoms with Gasteiger partial charge in [0.2, 0.25) is 0 Å². The third-order valence-corrected chi connectivity index (χ3v) is 11.1. The van der Waals surface area contributed by atoms with Crippen LogP contribution < -0.4 is 0 Å². The lowest BCUT2D eigenvalue weighted by Crippen LogP contribution is -2.14. The van der Waals surface area contributed by atoms with Crippen molar-refractivity contribution in [1.29, 1.82) is 0 Å². The average Bonchev–Trinajstić information content (AvgIpc) is 3.45. The van der Waals surface area contributed by atoms with Gasteiger partial charge in [0.25, 0.3) is 0 Å². The van der Waals surface area contributed by atoms with Crippen molar-refractivity contribution >= 4 is 21.5 Å². The van der Waals surface area contributed by atoms with Crippen molar-refractivity contribution in [1.82, 2.24) is 9.97 Å². The van der Waals surface area contributed by atoms with E-state index in [-0.39, 0.29) is 5.41 Å². The molecule has 0 bridgehead atoms. The monoisotopic (exact) mass is 676 g/mol. The van der Waals surface area contributed by atoms with Crippen LogP contribution in [0.2, 0.25) is 0 Å². The fourth-order valence-electron chi connectivity index (χ4n) is 8.41. The molecule has 10 rings (SSSR count). The van der Waals surface area contributed by atoms with Crippen molar-refractivity contribution in [3.8, 4) is 67.3 Å². The molecule has 2 heteroatoms. The minimum Gasteiger partial charge on any atom is -0.228 e. The highest BCUT2D eigenvalue weighted by atomic mass is 14.9. The van der Waals surface area contributed by atoms with Gasteiger partial charge in [-0.1, -0.05) is 172 Å². The normalized spacial score (nSPS) is 12.9. The Morgan fingerprint density at radius 3 is 1.79 bits per heavy atom. The van der Waals surface area contributed by atoms with Crippen LogP contribution in [0.4, 0.5) is 0 Å². The van der Waals surface area contributed by atoms with E-state index in [1.54, 1.807) is 0 Å². The molecule has 0 aliphatic heterocycles. The van der Waals surface area contributed by atoms with E-state index >= 15 is 0 Å². The molecule has 1 aromatic heterocycles. The molecule has 8 aromatic carbocycles. The van der Waals surface area contributed by atoms with Gasteiger partial charge in [0.05, 0.1) is 11.4 Å². The lowest BCUT2D eigenvalue weighted by molar-refractivity contribution is 0.661. The lowest BCUT2D eigenvalue weighted by atomic mass is 9.81. The van der Waals surface area contributed by atoms with E-state index in [9.17, 15) is 0 Å². The highest BCUT2D eigenvalue weighted by Crippen LogP contribution is 2.53. The first kappa shape index (κ1) is 31.1. The molecule has 0 fully saturated rings. The molecule has 0 amide bonds. The Hall–Kier alpha value is -6.64. The van der Waals surface area contributed by atoms with Crippen LogP contribution >= 0.6 is 0 Å². The van der Waals surface area contributed by atoms with E-state index in [1.807, 2.05) is 18.2 Å². The number of hydrogen-bond acceptors (Lipinski definition) is 2. The standard InChI is InChI=1S/C51H36N2/c1-51(2)45-28-14-26-40(49(45)44-30-35-18-6-7-19-36(35)31-46(44)51)37-21-12-22-38(29-37)47-32-48(53-50(52-47)34-16-4-3-5-17-34)43-25-11-10-24-42(43)41-27-13-20-33-15-8-9-23-39(33)41/h3-32H,1-2H3. The SMILES string of the molecule is CC1(C)c2cc3ccccc3cc2-c2c(-c3cccc(-c4cc(-c5ccccc5-c5cccc6ccccc56)nc(-c5ccccc5)n4)c3)cccc21. The third kappa shape index (κ3) is 5.18. The predicted octanol–water partition coefficient (Wildman–Crippen LogP) is 13.4. The predicted molar refractivity (Wildman–Crippen MR) is 222 cm³/mol. The third-order valence-electron chi connectivity index (χ3n) is 11.1. The van der Waals surface area contributed by atoms with Crippen molar-refractivity contribution < 1.29 is 0 Å². The summed E-state index contributed by atoms with van der Waals surface area (Å²) in [6, 6.07) is 65.4. The molecule has 0 spiro atoms. The molecule has 0 unspecified atom stereocenters. The van der Waals surface area contributed by atoms with Gasteiger partial charge in [-0.2, -0.15) is 0 Å². The Kier molecular flexibility index (Phi) is 7.19. The second kappa shape index (κ2) is 12.3. The van der Waals surface area contributed by atoms with Gasteiger partial charge in [-0.05, 0) is 90.3 Å². The second-order valence-electron chi connectivity index (χ2n) is 14.6. The smallest absolute Gasteiger partial charge is 0.160 e. The van der Waals surface area contributed by atoms with Crippen LogP contribution in [0.1, 0.15) is 25.0 Å². The van der Waals surface area contributed by atoms with Crippen LogP contribution in [0.3, 0.4) is 0 Å². The van der Waals surface area contributed by atoms with E-state index in [4.69, 9.17) is 9.97 Å². The highest BCUT2D eigenvalue weighted by Gasteiger charge is 2.37. The first-order valence-corrected chi connectivity index (χ1v) is 18.3. The summed E-state index contributed by atoms with van der Waals surface area (Å²) in [5.41, 5.74) is 15.0. The number of rotatable bonds is 5. The van der Waals surface area contributed by atoms with Gasteiger partial charge in [0, 0.05) is 22.1 Å². The second-order valence-corrected chi connectivity index (χ2v) is 14.6. The molecular weight excluding hydrogens is 641 g/mol. The summed E-state index contributed by atoms with van der Waals surface area (Å²) >= 11 is 0. The van der Waals surface area contributed by atoms with Crippen molar-refractivity contribution in [3.63, 3.8) is 0 Å². The molecule has 53 heavy (non-hydrogen) atoms. The van der Waals surface area contributed by atoms with Gasteiger partial charge >= 0.3 is 0 Å². The largest absolute Gasteiger partial charge is 0.228 e. The molecule has 0 atom stereocenters. The summed E-state index contributed by atoms with van der Waals surface area (Å²) in [5, 5.41) is 4.99. The van der Waals surface area contributed by atoms with E-state index in [0.29, 0.717) is 5.82 Å². The van der Waals surface area contributed by atoms with E-state index in [1.165, 1.54) is 60.5 Å². The minimum absolute atomic E-state index is 0.105. The van der Waals surface area contributed by atoms with Crippen molar-refractivity contribution in [2.24, 2.45) is 0 Å². The molecule has 9 aromatic rings. The first-order chi connectivity index (χ1) is 26.0. The molecule has 1 aliphatic rings. The zero-order chi connectivity index (χ0) is 35.5. The fourth-order valence-corrected chi connectivity index (χ4v) is 8.41. The maximum Gasteiger partial charge on any atom is 0.160 e. The maximum atomic E-state index is 5.25. The molecule has 0 N–H and O–H groups in total. The van der Waals surface area contributed by atoms with E-state index < -0.39 is 0 Å². The van der Waals surface area contributed by atoms with Crippen LogP contribution in [0, 0.1) is 0 Å². The zero-order valence-corrected chi connectivity index (χ0v) is 29.7. The van der Waals surface area contributed by atoms with Crippen LogP contribution in [0.15, 0.2) is 182 Å². The molecule has 250 valence electrons. The van der Waals surface area contributed by atoms with Gasteiger partial charge in [-0.25, -0.2) is 9.97 Å². The summed E-state index contributed by atoms with van der Waals surface area (Å²) in [6.07, 6.45) is 0. The minimum atomic E-state index is -0.105. The molecule has 0 saturated heterocycles. The maximum absolute atomic E-state index is 5.25. The lowest BCUT2D eigenvalue weighted by Gasteiger charge is -2.22. The van der Waals surface area contributed by atoms with Crippen LogP contribution in [-0.4, -0.2) is 9.97 Å². The summed E-state index contributed by atoms with van der Waals surface area (Å²) in [4.78, 5) is 10.5. The number of nitrogens with zero attached hydrogens (tertiary/aromatic N) is 2. The van der Waals surface area contributed by atoms with Crippen molar-refractivity contribution in [2.75, 3.05) is 0 Å². The number of benzene rings is 8. The molecule has 1 aliphatic carbocycles. The Balaban J connectivity index is 1.15. The summed E-state index contributed by atoms with van der Waals surface area (Å²) in [7, 11) is 0. The number of aromatic nitrogens is 2. The molecule has 1 heterocycles. The topological polar surface area (TPSA) is 25.8 Å². The van der Waals surface area contributed by atoms with Crippen molar-refractivity contribution in [3.05, 3.63) is 193 Å². The fraction of sp³-hybridized carbons (Fsp3) is 0.0588.